The number of nitrogens with zero attached hydrogens (tertiary/aromatic N) is 1. The second-order valence-electron chi connectivity index (χ2n) is 2.82. The van der Waals surface area contributed by atoms with Crippen molar-refractivity contribution >= 4 is 0 Å². The van der Waals surface area contributed by atoms with Crippen LogP contribution in [0.1, 0.15) is 18.0 Å². The Hall–Kier alpha value is -1.13. The van der Waals surface area contributed by atoms with Crippen molar-refractivity contribution in [2.24, 2.45) is 11.5 Å². The van der Waals surface area contributed by atoms with Crippen molar-refractivity contribution in [2.75, 3.05) is 13.7 Å². The number of hydrogen-bond donors (Lipinski definition) is 2. The van der Waals surface area contributed by atoms with Crippen LogP contribution >= 0.6 is 0 Å². The predicted molar refractivity (Wildman–Crippen MR) is 51.4 cm³/mol. The summed E-state index contributed by atoms with van der Waals surface area (Å²) in [6, 6.07) is 3.68. The summed E-state index contributed by atoms with van der Waals surface area (Å²) in [4.78, 5) is 4.06. The van der Waals surface area contributed by atoms with Crippen LogP contribution in [0.25, 0.3) is 0 Å². The molecule has 0 bridgehead atoms. The summed E-state index contributed by atoms with van der Waals surface area (Å²) in [6.07, 6.45) is 2.49. The van der Waals surface area contributed by atoms with Crippen molar-refractivity contribution in [3.05, 3.63) is 23.9 Å². The maximum absolute atomic E-state index is 5.84. The van der Waals surface area contributed by atoms with Crippen LogP contribution in [-0.4, -0.2) is 18.6 Å². The van der Waals surface area contributed by atoms with Crippen molar-refractivity contribution in [3.8, 4) is 5.88 Å². The lowest BCUT2D eigenvalue weighted by Gasteiger charge is -2.09. The molecule has 0 aliphatic carbocycles. The largest absolute Gasteiger partial charge is 0.481 e. The number of aromatic nitrogens is 1. The van der Waals surface area contributed by atoms with Crippen LogP contribution in [0.2, 0.25) is 0 Å². The van der Waals surface area contributed by atoms with Gasteiger partial charge in [-0.3, -0.25) is 0 Å². The Morgan fingerprint density at radius 2 is 2.31 bits per heavy atom. The molecule has 1 atom stereocenters. The van der Waals surface area contributed by atoms with Crippen LogP contribution < -0.4 is 16.2 Å². The maximum atomic E-state index is 5.84. The lowest BCUT2D eigenvalue weighted by atomic mass is 10.1. The highest BCUT2D eigenvalue weighted by molar-refractivity contribution is 5.20. The molecule has 0 radical (unpaired) electrons. The highest BCUT2D eigenvalue weighted by atomic mass is 16.5. The Kier molecular flexibility index (Phi) is 3.67. The van der Waals surface area contributed by atoms with Crippen LogP contribution in [0, 0.1) is 0 Å². The normalized spacial score (nSPS) is 12.5. The van der Waals surface area contributed by atoms with Crippen molar-refractivity contribution in [1.82, 2.24) is 4.98 Å². The van der Waals surface area contributed by atoms with E-state index in [0.29, 0.717) is 12.4 Å². The zero-order valence-electron chi connectivity index (χ0n) is 7.73. The van der Waals surface area contributed by atoms with Gasteiger partial charge in [0.05, 0.1) is 7.11 Å². The maximum Gasteiger partial charge on any atom is 0.212 e. The third-order valence-corrected chi connectivity index (χ3v) is 1.87. The molecule has 0 amide bonds. The molecular weight excluding hydrogens is 166 g/mol. The van der Waals surface area contributed by atoms with Gasteiger partial charge in [0.1, 0.15) is 0 Å². The summed E-state index contributed by atoms with van der Waals surface area (Å²) < 4.78 is 4.93. The third kappa shape index (κ3) is 2.68. The molecular formula is C9H15N3O. The van der Waals surface area contributed by atoms with Gasteiger partial charge in [-0.2, -0.15) is 0 Å². The van der Waals surface area contributed by atoms with E-state index in [1.807, 2.05) is 6.07 Å². The molecule has 1 rings (SSSR count). The lowest BCUT2D eigenvalue weighted by molar-refractivity contribution is 0.397. The average Bonchev–Trinajstić information content (AvgIpc) is 2.18. The lowest BCUT2D eigenvalue weighted by Crippen LogP contribution is -2.15. The molecule has 0 aliphatic heterocycles. The molecule has 4 heteroatoms. The minimum Gasteiger partial charge on any atom is -0.481 e. The Morgan fingerprint density at radius 3 is 2.77 bits per heavy atom. The van der Waals surface area contributed by atoms with E-state index in [9.17, 15) is 0 Å². The SMILES string of the molecule is COc1ccc([C@@H](N)CCN)cn1. The first-order chi connectivity index (χ1) is 6.27. The first-order valence-corrected chi connectivity index (χ1v) is 4.23. The summed E-state index contributed by atoms with van der Waals surface area (Å²) in [6.45, 7) is 0.590. The number of nitrogens with two attached hydrogens (primary N) is 2. The van der Waals surface area contributed by atoms with E-state index in [0.717, 1.165) is 12.0 Å². The first kappa shape index (κ1) is 9.95. The quantitative estimate of drug-likeness (QED) is 0.706. The highest BCUT2D eigenvalue weighted by Crippen LogP contribution is 2.14. The fourth-order valence-electron chi connectivity index (χ4n) is 1.08. The Morgan fingerprint density at radius 1 is 1.54 bits per heavy atom. The van der Waals surface area contributed by atoms with E-state index in [2.05, 4.69) is 4.98 Å². The van der Waals surface area contributed by atoms with Gasteiger partial charge in [-0.15, -0.1) is 0 Å². The second kappa shape index (κ2) is 4.79. The predicted octanol–water partition coefficient (Wildman–Crippen LogP) is 0.439. The molecule has 0 saturated carbocycles. The van der Waals surface area contributed by atoms with E-state index in [1.54, 1.807) is 19.4 Å². The molecule has 1 aromatic heterocycles. The van der Waals surface area contributed by atoms with Crippen LogP contribution in [-0.2, 0) is 0 Å². The van der Waals surface area contributed by atoms with Crippen molar-refractivity contribution in [2.45, 2.75) is 12.5 Å². The fourth-order valence-corrected chi connectivity index (χ4v) is 1.08. The van der Waals surface area contributed by atoms with Gasteiger partial charge in [0.15, 0.2) is 0 Å². The van der Waals surface area contributed by atoms with Gasteiger partial charge < -0.3 is 16.2 Å². The molecule has 72 valence electrons. The number of hydrogen-bond acceptors (Lipinski definition) is 4. The van der Waals surface area contributed by atoms with Gasteiger partial charge in [-0.1, -0.05) is 6.07 Å². The summed E-state index contributed by atoms with van der Waals surface area (Å²) in [7, 11) is 1.59. The molecule has 0 spiro atoms. The van der Waals surface area contributed by atoms with Crippen LogP contribution in [0.3, 0.4) is 0 Å². The summed E-state index contributed by atoms with van der Waals surface area (Å²) in [5.41, 5.74) is 12.2. The van der Waals surface area contributed by atoms with Crippen molar-refractivity contribution in [1.29, 1.82) is 0 Å². The Bertz CT molecular complexity index is 248. The van der Waals surface area contributed by atoms with E-state index >= 15 is 0 Å². The Labute approximate surface area is 77.9 Å². The van der Waals surface area contributed by atoms with Gasteiger partial charge in [-0.05, 0) is 18.5 Å². The highest BCUT2D eigenvalue weighted by Gasteiger charge is 2.04. The number of pyridine rings is 1. The smallest absolute Gasteiger partial charge is 0.212 e. The Balaban J connectivity index is 2.67. The fraction of sp³-hybridized carbons (Fsp3) is 0.444. The van der Waals surface area contributed by atoms with E-state index in [4.69, 9.17) is 16.2 Å². The molecule has 1 aromatic rings. The summed E-state index contributed by atoms with van der Waals surface area (Å²) in [5, 5.41) is 0. The van der Waals surface area contributed by atoms with Crippen LogP contribution in [0.4, 0.5) is 0 Å². The van der Waals surface area contributed by atoms with Crippen molar-refractivity contribution in [3.63, 3.8) is 0 Å². The average molecular weight is 181 g/mol. The number of rotatable bonds is 4. The molecule has 4 nitrogen and oxygen atoms in total. The van der Waals surface area contributed by atoms with Crippen molar-refractivity contribution < 1.29 is 4.74 Å². The number of ether oxygens (including phenoxy) is 1. The van der Waals surface area contributed by atoms with Crippen LogP contribution in [0.5, 0.6) is 5.88 Å². The topological polar surface area (TPSA) is 74.2 Å². The zero-order chi connectivity index (χ0) is 9.68. The van der Waals surface area contributed by atoms with Gasteiger partial charge >= 0.3 is 0 Å². The van der Waals surface area contributed by atoms with Gasteiger partial charge in [0.2, 0.25) is 5.88 Å². The van der Waals surface area contributed by atoms with E-state index in [1.165, 1.54) is 0 Å². The van der Waals surface area contributed by atoms with Gasteiger partial charge in [0.25, 0.3) is 0 Å². The molecule has 13 heavy (non-hydrogen) atoms. The summed E-state index contributed by atoms with van der Waals surface area (Å²) in [5.74, 6) is 0.601. The van der Waals surface area contributed by atoms with Crippen LogP contribution in [0.15, 0.2) is 18.3 Å². The molecule has 0 saturated heterocycles. The monoisotopic (exact) mass is 181 g/mol. The minimum absolute atomic E-state index is 0.0246. The molecule has 1 heterocycles. The molecule has 0 fully saturated rings. The molecule has 4 N–H and O–H groups in total. The van der Waals surface area contributed by atoms with Gasteiger partial charge in [0, 0.05) is 18.3 Å². The minimum atomic E-state index is -0.0246. The third-order valence-electron chi connectivity index (χ3n) is 1.87. The zero-order valence-corrected chi connectivity index (χ0v) is 7.73. The standard InChI is InChI=1S/C9H15N3O/c1-13-9-3-2-7(6-12-9)8(11)4-5-10/h2-3,6,8H,4-5,10-11H2,1H3/t8-/m0/s1. The molecule has 0 aliphatic rings. The van der Waals surface area contributed by atoms with Gasteiger partial charge in [-0.25, -0.2) is 4.98 Å². The summed E-state index contributed by atoms with van der Waals surface area (Å²) >= 11 is 0. The van der Waals surface area contributed by atoms with E-state index < -0.39 is 0 Å². The first-order valence-electron chi connectivity index (χ1n) is 4.23. The molecule has 0 unspecified atom stereocenters. The molecule has 0 aromatic carbocycles. The van der Waals surface area contributed by atoms with E-state index in [-0.39, 0.29) is 6.04 Å². The number of methoxy groups -OCH3 is 1. The second-order valence-corrected chi connectivity index (χ2v) is 2.82.